The summed E-state index contributed by atoms with van der Waals surface area (Å²) < 4.78 is 1.81. The fourth-order valence-electron chi connectivity index (χ4n) is 4.16. The maximum atomic E-state index is 13.4. The molecule has 2 aromatic carbocycles. The topological polar surface area (TPSA) is 59.0 Å². The van der Waals surface area contributed by atoms with Crippen LogP contribution in [0.1, 0.15) is 36.4 Å². The third kappa shape index (κ3) is 3.38. The fourth-order valence-corrected chi connectivity index (χ4v) is 4.47. The van der Waals surface area contributed by atoms with Crippen molar-refractivity contribution >= 4 is 34.9 Å². The first-order valence-electron chi connectivity index (χ1n) is 9.85. The molecule has 5 nitrogen and oxygen atoms in total. The number of hydrogen-bond acceptors (Lipinski definition) is 3. The van der Waals surface area contributed by atoms with E-state index in [2.05, 4.69) is 27.9 Å². The second kappa shape index (κ2) is 7.49. The quantitative estimate of drug-likeness (QED) is 0.591. The van der Waals surface area contributed by atoms with Crippen LogP contribution >= 0.6 is 23.2 Å². The molecule has 1 fully saturated rings. The Morgan fingerprint density at radius 2 is 1.90 bits per heavy atom. The van der Waals surface area contributed by atoms with Gasteiger partial charge in [0.2, 0.25) is 0 Å². The molecule has 7 heteroatoms. The smallest absolute Gasteiger partial charge is 0.251 e. The molecule has 1 aromatic heterocycles. The zero-order chi connectivity index (χ0) is 20.8. The molecule has 5 rings (SSSR count). The highest BCUT2D eigenvalue weighted by Crippen LogP contribution is 2.42. The number of anilines is 1. The van der Waals surface area contributed by atoms with E-state index in [1.54, 1.807) is 18.3 Å². The highest BCUT2D eigenvalue weighted by molar-refractivity contribution is 6.42. The fraction of sp³-hybridized carbons (Fsp3) is 0.217. The molecule has 2 N–H and O–H groups in total. The molecule has 0 spiro atoms. The molecule has 0 bridgehead atoms. The van der Waals surface area contributed by atoms with E-state index in [1.165, 1.54) is 5.56 Å². The van der Waals surface area contributed by atoms with Crippen molar-refractivity contribution < 1.29 is 4.79 Å². The Balaban J connectivity index is 1.46. The lowest BCUT2D eigenvalue weighted by atomic mass is 9.94. The lowest BCUT2D eigenvalue weighted by Crippen LogP contribution is -2.36. The largest absolute Gasteiger partial charge is 0.349 e. The molecule has 1 amide bonds. The molecular weight excluding hydrogens is 419 g/mol. The van der Waals surface area contributed by atoms with Crippen LogP contribution in [0.15, 0.2) is 72.1 Å². The van der Waals surface area contributed by atoms with Crippen LogP contribution in [0.3, 0.4) is 0 Å². The van der Waals surface area contributed by atoms with Gasteiger partial charge in [0.25, 0.3) is 5.91 Å². The minimum absolute atomic E-state index is 0.0966. The van der Waals surface area contributed by atoms with Crippen molar-refractivity contribution in [2.24, 2.45) is 0 Å². The van der Waals surface area contributed by atoms with Crippen molar-refractivity contribution in [2.45, 2.75) is 31.3 Å². The van der Waals surface area contributed by atoms with Crippen molar-refractivity contribution in [2.75, 3.05) is 5.32 Å². The Labute approximate surface area is 184 Å². The Kier molecular flexibility index (Phi) is 4.80. The molecule has 1 saturated carbocycles. The molecule has 2 heterocycles. The molecule has 2 aliphatic rings. The first-order chi connectivity index (χ1) is 14.5. The van der Waals surface area contributed by atoms with Gasteiger partial charge in [0.15, 0.2) is 0 Å². The molecule has 0 saturated heterocycles. The van der Waals surface area contributed by atoms with Gasteiger partial charge in [-0.1, -0.05) is 59.6 Å². The van der Waals surface area contributed by atoms with Crippen LogP contribution in [0.4, 0.5) is 5.82 Å². The van der Waals surface area contributed by atoms with Crippen molar-refractivity contribution in [3.8, 4) is 0 Å². The molecule has 1 unspecified atom stereocenters. The summed E-state index contributed by atoms with van der Waals surface area (Å²) in [7, 11) is 0. The van der Waals surface area contributed by atoms with Gasteiger partial charge in [0.1, 0.15) is 11.9 Å². The van der Waals surface area contributed by atoms with Gasteiger partial charge < -0.3 is 10.6 Å². The van der Waals surface area contributed by atoms with Gasteiger partial charge in [0.05, 0.1) is 21.8 Å². The zero-order valence-corrected chi connectivity index (χ0v) is 17.8. The molecule has 3 aromatic rings. The number of hydrogen-bond donors (Lipinski definition) is 2. The van der Waals surface area contributed by atoms with Crippen LogP contribution in [0.25, 0.3) is 0 Å². The van der Waals surface area contributed by atoms with Gasteiger partial charge in [-0.25, -0.2) is 4.68 Å². The second-order valence-electron chi connectivity index (χ2n) is 7.73. The lowest BCUT2D eigenvalue weighted by molar-refractivity contribution is -0.118. The number of carbonyl (C=O) groups is 1. The van der Waals surface area contributed by atoms with Crippen LogP contribution < -0.4 is 10.6 Å². The number of halogens is 2. The average Bonchev–Trinajstić information content (AvgIpc) is 3.35. The Bertz CT molecular complexity index is 1160. The number of rotatable bonds is 4. The third-order valence-corrected chi connectivity index (χ3v) is 6.49. The summed E-state index contributed by atoms with van der Waals surface area (Å²) in [4.78, 5) is 13.4. The molecule has 1 aliphatic carbocycles. The van der Waals surface area contributed by atoms with E-state index in [0.717, 1.165) is 23.5 Å². The summed E-state index contributed by atoms with van der Waals surface area (Å²) in [6, 6.07) is 17.4. The minimum atomic E-state index is -0.389. The third-order valence-electron chi connectivity index (χ3n) is 5.75. The summed E-state index contributed by atoms with van der Waals surface area (Å²) >= 11 is 12.4. The number of amides is 1. The molecular formula is C23H20Cl2N4O. The highest BCUT2D eigenvalue weighted by atomic mass is 35.5. The molecule has 30 heavy (non-hydrogen) atoms. The summed E-state index contributed by atoms with van der Waals surface area (Å²) in [5.41, 5.74) is 3.54. The normalized spacial score (nSPS) is 22.3. The van der Waals surface area contributed by atoms with Gasteiger partial charge in [-0.2, -0.15) is 5.10 Å². The maximum absolute atomic E-state index is 13.4. The maximum Gasteiger partial charge on any atom is 0.251 e. The van der Waals surface area contributed by atoms with Gasteiger partial charge in [-0.05, 0) is 36.6 Å². The molecule has 152 valence electrons. The lowest BCUT2D eigenvalue weighted by Gasteiger charge is -2.30. The van der Waals surface area contributed by atoms with Crippen molar-refractivity contribution in [1.29, 1.82) is 0 Å². The number of carbonyl (C=O) groups excluding carboxylic acids is 1. The van der Waals surface area contributed by atoms with Crippen molar-refractivity contribution in [3.05, 3.63) is 93.2 Å². The number of aromatic nitrogens is 2. The van der Waals surface area contributed by atoms with Gasteiger partial charge >= 0.3 is 0 Å². The Morgan fingerprint density at radius 1 is 1.10 bits per heavy atom. The van der Waals surface area contributed by atoms with E-state index in [1.807, 2.05) is 41.9 Å². The first-order valence-corrected chi connectivity index (χ1v) is 10.6. The van der Waals surface area contributed by atoms with Crippen LogP contribution in [-0.2, 0) is 4.79 Å². The van der Waals surface area contributed by atoms with E-state index in [0.29, 0.717) is 21.5 Å². The predicted molar refractivity (Wildman–Crippen MR) is 119 cm³/mol. The SMILES string of the molecule is CC1=C(C(=O)N[C@@H]2C[C@H]2c2ccccc2)C(c2ccc(Cl)c(Cl)c2)n2nccc2N1. The van der Waals surface area contributed by atoms with Crippen LogP contribution in [-0.4, -0.2) is 21.7 Å². The first kappa shape index (κ1) is 19.2. The van der Waals surface area contributed by atoms with Crippen LogP contribution in [0, 0.1) is 0 Å². The van der Waals surface area contributed by atoms with Gasteiger partial charge in [-0.15, -0.1) is 0 Å². The Hall–Kier alpha value is -2.76. The number of benzene rings is 2. The minimum Gasteiger partial charge on any atom is -0.349 e. The molecule has 1 aliphatic heterocycles. The summed E-state index contributed by atoms with van der Waals surface area (Å²) in [5, 5.41) is 11.9. The summed E-state index contributed by atoms with van der Waals surface area (Å²) in [6.45, 7) is 1.91. The van der Waals surface area contributed by atoms with E-state index in [4.69, 9.17) is 23.2 Å². The van der Waals surface area contributed by atoms with E-state index in [-0.39, 0.29) is 18.0 Å². The number of fused-ring (bicyclic) bond motifs is 1. The zero-order valence-electron chi connectivity index (χ0n) is 16.3. The van der Waals surface area contributed by atoms with Crippen molar-refractivity contribution in [3.63, 3.8) is 0 Å². The van der Waals surface area contributed by atoms with Crippen LogP contribution in [0.2, 0.25) is 10.0 Å². The number of nitrogens with zero attached hydrogens (tertiary/aromatic N) is 2. The average molecular weight is 439 g/mol. The van der Waals surface area contributed by atoms with Crippen LogP contribution in [0.5, 0.6) is 0 Å². The predicted octanol–water partition coefficient (Wildman–Crippen LogP) is 5.15. The van der Waals surface area contributed by atoms with E-state index < -0.39 is 0 Å². The summed E-state index contributed by atoms with van der Waals surface area (Å²) in [6.07, 6.45) is 2.66. The molecule has 3 atom stereocenters. The van der Waals surface area contributed by atoms with E-state index in [9.17, 15) is 4.79 Å². The van der Waals surface area contributed by atoms with E-state index >= 15 is 0 Å². The molecule has 0 radical (unpaired) electrons. The summed E-state index contributed by atoms with van der Waals surface area (Å²) in [5.74, 6) is 1.09. The second-order valence-corrected chi connectivity index (χ2v) is 8.55. The number of nitrogens with one attached hydrogen (secondary N) is 2. The van der Waals surface area contributed by atoms with Gasteiger partial charge in [0, 0.05) is 23.7 Å². The van der Waals surface area contributed by atoms with Crippen molar-refractivity contribution in [1.82, 2.24) is 15.1 Å². The standard InChI is InChI=1S/C23H20Cl2N4O/c1-13-21(23(30)28-19-12-16(19)14-5-3-2-4-6-14)22(29-20(27-13)9-10-26-29)15-7-8-17(24)18(25)11-15/h2-11,16,19,22,27H,12H2,1H3,(H,28,30)/t16-,19+,22?/m0/s1. The number of allylic oxidation sites excluding steroid dienone is 1. The monoisotopic (exact) mass is 438 g/mol. The highest BCUT2D eigenvalue weighted by Gasteiger charge is 2.41. The Morgan fingerprint density at radius 3 is 2.67 bits per heavy atom. The van der Waals surface area contributed by atoms with Gasteiger partial charge in [-0.3, -0.25) is 4.79 Å².